The SMILES string of the molecule is CC(C)CCCOc1cccc(Cl)c1C(N)=S. The molecule has 2 N–H and O–H groups in total. The van der Waals surface area contributed by atoms with E-state index < -0.39 is 0 Å². The largest absolute Gasteiger partial charge is 0.493 e. The molecule has 0 aromatic heterocycles. The Kier molecular flexibility index (Phi) is 5.72. The fraction of sp³-hybridized carbons (Fsp3) is 0.462. The van der Waals surface area contributed by atoms with Crippen molar-refractivity contribution >= 4 is 28.8 Å². The van der Waals surface area contributed by atoms with E-state index in [9.17, 15) is 0 Å². The Bertz CT molecular complexity index is 393. The number of thiocarbonyl (C=S) groups is 1. The van der Waals surface area contributed by atoms with Crippen molar-refractivity contribution in [2.75, 3.05) is 6.61 Å². The average molecular weight is 272 g/mol. The molecule has 1 aromatic carbocycles. The molecule has 4 heteroatoms. The zero-order valence-corrected chi connectivity index (χ0v) is 11.8. The lowest BCUT2D eigenvalue weighted by atomic mass is 10.1. The molecular weight excluding hydrogens is 254 g/mol. The second-order valence-corrected chi connectivity index (χ2v) is 5.21. The molecule has 0 fully saturated rings. The van der Waals surface area contributed by atoms with Crippen LogP contribution in [0.5, 0.6) is 5.75 Å². The number of hydrogen-bond donors (Lipinski definition) is 1. The maximum absolute atomic E-state index is 6.04. The van der Waals surface area contributed by atoms with Crippen LogP contribution < -0.4 is 10.5 Å². The van der Waals surface area contributed by atoms with E-state index in [1.807, 2.05) is 12.1 Å². The number of rotatable bonds is 6. The first-order chi connectivity index (χ1) is 8.02. The van der Waals surface area contributed by atoms with Gasteiger partial charge in [-0.15, -0.1) is 0 Å². The van der Waals surface area contributed by atoms with Crippen LogP contribution in [0.25, 0.3) is 0 Å². The van der Waals surface area contributed by atoms with Crippen molar-refractivity contribution in [3.05, 3.63) is 28.8 Å². The fourth-order valence-corrected chi connectivity index (χ4v) is 2.07. The van der Waals surface area contributed by atoms with Gasteiger partial charge in [0.15, 0.2) is 0 Å². The van der Waals surface area contributed by atoms with Crippen LogP contribution >= 0.6 is 23.8 Å². The second-order valence-electron chi connectivity index (χ2n) is 4.36. The van der Waals surface area contributed by atoms with E-state index in [4.69, 9.17) is 34.3 Å². The van der Waals surface area contributed by atoms with Crippen molar-refractivity contribution in [2.24, 2.45) is 11.7 Å². The molecule has 0 spiro atoms. The summed E-state index contributed by atoms with van der Waals surface area (Å²) in [5.74, 6) is 1.36. The smallest absolute Gasteiger partial charge is 0.130 e. The minimum absolute atomic E-state index is 0.273. The van der Waals surface area contributed by atoms with Crippen molar-refractivity contribution in [3.63, 3.8) is 0 Å². The Morgan fingerprint density at radius 2 is 2.18 bits per heavy atom. The van der Waals surface area contributed by atoms with Crippen LogP contribution in [-0.4, -0.2) is 11.6 Å². The molecular formula is C13H18ClNOS. The van der Waals surface area contributed by atoms with Gasteiger partial charge < -0.3 is 10.5 Å². The lowest BCUT2D eigenvalue weighted by Crippen LogP contribution is -2.13. The topological polar surface area (TPSA) is 35.2 Å². The fourth-order valence-electron chi connectivity index (χ4n) is 1.54. The molecule has 0 bridgehead atoms. The van der Waals surface area contributed by atoms with E-state index >= 15 is 0 Å². The summed E-state index contributed by atoms with van der Waals surface area (Å²) in [5, 5.41) is 0.541. The van der Waals surface area contributed by atoms with Gasteiger partial charge in [-0.3, -0.25) is 0 Å². The number of hydrogen-bond acceptors (Lipinski definition) is 2. The molecule has 0 saturated heterocycles. The molecule has 0 radical (unpaired) electrons. The van der Waals surface area contributed by atoms with E-state index in [0.717, 1.165) is 12.8 Å². The van der Waals surface area contributed by atoms with Gasteiger partial charge in [0.1, 0.15) is 10.7 Å². The molecule has 0 amide bonds. The van der Waals surface area contributed by atoms with Crippen LogP contribution in [0.3, 0.4) is 0 Å². The van der Waals surface area contributed by atoms with Gasteiger partial charge in [0, 0.05) is 0 Å². The maximum atomic E-state index is 6.04. The van der Waals surface area contributed by atoms with Gasteiger partial charge in [0.25, 0.3) is 0 Å². The number of nitrogens with two attached hydrogens (primary N) is 1. The van der Waals surface area contributed by atoms with Crippen LogP contribution in [0.15, 0.2) is 18.2 Å². The minimum Gasteiger partial charge on any atom is -0.493 e. The highest BCUT2D eigenvalue weighted by molar-refractivity contribution is 7.80. The average Bonchev–Trinajstić information content (AvgIpc) is 2.23. The normalized spacial score (nSPS) is 10.6. The third-order valence-corrected chi connectivity index (χ3v) is 2.92. The van der Waals surface area contributed by atoms with Crippen LogP contribution in [0.1, 0.15) is 32.3 Å². The lowest BCUT2D eigenvalue weighted by Gasteiger charge is -2.12. The summed E-state index contributed by atoms with van der Waals surface area (Å²) >= 11 is 11.0. The Morgan fingerprint density at radius 3 is 2.76 bits per heavy atom. The molecule has 0 heterocycles. The second kappa shape index (κ2) is 6.82. The monoisotopic (exact) mass is 271 g/mol. The minimum atomic E-state index is 0.273. The lowest BCUT2D eigenvalue weighted by molar-refractivity contribution is 0.297. The zero-order chi connectivity index (χ0) is 12.8. The van der Waals surface area contributed by atoms with Crippen molar-refractivity contribution in [3.8, 4) is 5.75 Å². The molecule has 0 aliphatic heterocycles. The van der Waals surface area contributed by atoms with E-state index in [0.29, 0.717) is 28.9 Å². The van der Waals surface area contributed by atoms with Crippen molar-refractivity contribution in [1.82, 2.24) is 0 Å². The summed E-state index contributed by atoms with van der Waals surface area (Å²) in [5.41, 5.74) is 6.27. The zero-order valence-electron chi connectivity index (χ0n) is 10.2. The highest BCUT2D eigenvalue weighted by Gasteiger charge is 2.10. The summed E-state index contributed by atoms with van der Waals surface area (Å²) in [6.45, 7) is 5.05. The molecule has 0 aliphatic carbocycles. The number of ether oxygens (including phenoxy) is 1. The Balaban J connectivity index is 2.64. The first-order valence-corrected chi connectivity index (χ1v) is 6.52. The molecule has 0 saturated carbocycles. The van der Waals surface area contributed by atoms with Gasteiger partial charge in [0.2, 0.25) is 0 Å². The predicted molar refractivity (Wildman–Crippen MR) is 76.9 cm³/mol. The van der Waals surface area contributed by atoms with Crippen molar-refractivity contribution in [2.45, 2.75) is 26.7 Å². The van der Waals surface area contributed by atoms with Crippen molar-refractivity contribution in [1.29, 1.82) is 0 Å². The van der Waals surface area contributed by atoms with E-state index in [1.54, 1.807) is 6.07 Å². The van der Waals surface area contributed by atoms with Crippen LogP contribution in [0.2, 0.25) is 5.02 Å². The molecule has 17 heavy (non-hydrogen) atoms. The summed E-state index contributed by atoms with van der Waals surface area (Å²) in [6.07, 6.45) is 2.16. The van der Waals surface area contributed by atoms with Crippen LogP contribution in [-0.2, 0) is 0 Å². The standard InChI is InChI=1S/C13H18ClNOS/c1-9(2)5-4-8-16-11-7-3-6-10(14)12(11)13(15)17/h3,6-7,9H,4-5,8H2,1-2H3,(H2,15,17). The number of halogens is 1. The van der Waals surface area contributed by atoms with Gasteiger partial charge in [-0.05, 0) is 30.9 Å². The summed E-state index contributed by atoms with van der Waals surface area (Å²) in [7, 11) is 0. The first kappa shape index (κ1) is 14.3. The maximum Gasteiger partial charge on any atom is 0.130 e. The highest BCUT2D eigenvalue weighted by atomic mass is 35.5. The molecule has 1 rings (SSSR count). The first-order valence-electron chi connectivity index (χ1n) is 5.73. The Morgan fingerprint density at radius 1 is 1.47 bits per heavy atom. The highest BCUT2D eigenvalue weighted by Crippen LogP contribution is 2.26. The summed E-state index contributed by atoms with van der Waals surface area (Å²) < 4.78 is 5.68. The van der Waals surface area contributed by atoms with Crippen LogP contribution in [0, 0.1) is 5.92 Å². The van der Waals surface area contributed by atoms with Crippen molar-refractivity contribution < 1.29 is 4.74 Å². The van der Waals surface area contributed by atoms with Gasteiger partial charge in [0.05, 0.1) is 17.2 Å². The third-order valence-electron chi connectivity index (χ3n) is 2.41. The molecule has 0 unspecified atom stereocenters. The Labute approximate surface area is 113 Å². The molecule has 0 atom stereocenters. The Hall–Kier alpha value is -0.800. The predicted octanol–water partition coefficient (Wildman–Crippen LogP) is 3.79. The molecule has 0 aliphatic rings. The molecule has 1 aromatic rings. The number of benzene rings is 1. The summed E-state index contributed by atoms with van der Waals surface area (Å²) in [4.78, 5) is 0.273. The van der Waals surface area contributed by atoms with Gasteiger partial charge in [-0.25, -0.2) is 0 Å². The molecule has 2 nitrogen and oxygen atoms in total. The van der Waals surface area contributed by atoms with Gasteiger partial charge >= 0.3 is 0 Å². The van der Waals surface area contributed by atoms with Crippen LogP contribution in [0.4, 0.5) is 0 Å². The van der Waals surface area contributed by atoms with Gasteiger partial charge in [-0.2, -0.15) is 0 Å². The van der Waals surface area contributed by atoms with E-state index in [-0.39, 0.29) is 4.99 Å². The van der Waals surface area contributed by atoms with E-state index in [1.165, 1.54) is 0 Å². The van der Waals surface area contributed by atoms with E-state index in [2.05, 4.69) is 13.8 Å². The third kappa shape index (κ3) is 4.52. The molecule has 94 valence electrons. The quantitative estimate of drug-likeness (QED) is 0.632. The summed E-state index contributed by atoms with van der Waals surface area (Å²) in [6, 6.07) is 5.44. The van der Waals surface area contributed by atoms with Gasteiger partial charge in [-0.1, -0.05) is 43.7 Å².